The highest BCUT2D eigenvalue weighted by Crippen LogP contribution is 2.34. The van der Waals surface area contributed by atoms with Gasteiger partial charge in [0, 0.05) is 11.8 Å². The van der Waals surface area contributed by atoms with E-state index in [0.29, 0.717) is 12.3 Å². The molecule has 1 aromatic rings. The first-order valence-electron chi connectivity index (χ1n) is 5.17. The van der Waals surface area contributed by atoms with Gasteiger partial charge in [0.2, 0.25) is 0 Å². The SMILES string of the molecule is COC(=O)C(O)c1cc(F)c(S(C)(=O)=O)c(F)c1OC. The molecule has 0 bridgehead atoms. The van der Waals surface area contributed by atoms with Crippen LogP contribution in [0.25, 0.3) is 0 Å². The van der Waals surface area contributed by atoms with Crippen LogP contribution < -0.4 is 4.74 Å². The summed E-state index contributed by atoms with van der Waals surface area (Å²) >= 11 is 0. The zero-order chi connectivity index (χ0) is 15.7. The molecule has 1 rings (SSSR count). The highest BCUT2D eigenvalue weighted by atomic mass is 32.2. The second-order valence-electron chi connectivity index (χ2n) is 3.82. The molecule has 0 aliphatic carbocycles. The maximum atomic E-state index is 14.0. The number of sulfone groups is 1. The Balaban J connectivity index is 3.64. The quantitative estimate of drug-likeness (QED) is 0.818. The molecule has 9 heteroatoms. The minimum absolute atomic E-state index is 0.514. The first kappa shape index (κ1) is 16.3. The van der Waals surface area contributed by atoms with Gasteiger partial charge in [0.25, 0.3) is 0 Å². The van der Waals surface area contributed by atoms with Gasteiger partial charge in [-0.15, -0.1) is 0 Å². The van der Waals surface area contributed by atoms with Crippen LogP contribution in [0.5, 0.6) is 5.75 Å². The van der Waals surface area contributed by atoms with E-state index in [2.05, 4.69) is 9.47 Å². The van der Waals surface area contributed by atoms with Gasteiger partial charge in [0.15, 0.2) is 27.5 Å². The molecule has 0 amide bonds. The van der Waals surface area contributed by atoms with Crippen LogP contribution in [0.4, 0.5) is 8.78 Å². The van der Waals surface area contributed by atoms with E-state index in [1.54, 1.807) is 0 Å². The monoisotopic (exact) mass is 310 g/mol. The van der Waals surface area contributed by atoms with Gasteiger partial charge in [-0.1, -0.05) is 0 Å². The Bertz CT molecular complexity index is 641. The molecule has 0 heterocycles. The number of hydrogen-bond donors (Lipinski definition) is 1. The molecule has 20 heavy (non-hydrogen) atoms. The van der Waals surface area contributed by atoms with E-state index in [9.17, 15) is 27.1 Å². The Hall–Kier alpha value is -1.74. The smallest absolute Gasteiger partial charge is 0.339 e. The lowest BCUT2D eigenvalue weighted by Gasteiger charge is -2.15. The van der Waals surface area contributed by atoms with Crippen LogP contribution in [-0.4, -0.2) is 40.0 Å². The van der Waals surface area contributed by atoms with Crippen molar-refractivity contribution in [3.63, 3.8) is 0 Å². The largest absolute Gasteiger partial charge is 0.493 e. The second kappa shape index (κ2) is 5.71. The zero-order valence-corrected chi connectivity index (χ0v) is 11.6. The van der Waals surface area contributed by atoms with Gasteiger partial charge >= 0.3 is 5.97 Å². The van der Waals surface area contributed by atoms with Gasteiger partial charge in [-0.25, -0.2) is 22.0 Å². The van der Waals surface area contributed by atoms with Crippen LogP contribution in [0.15, 0.2) is 11.0 Å². The normalized spacial score (nSPS) is 12.9. The average Bonchev–Trinajstić information content (AvgIpc) is 2.34. The Labute approximate surface area is 113 Å². The third-order valence-corrected chi connectivity index (χ3v) is 3.57. The van der Waals surface area contributed by atoms with E-state index in [-0.39, 0.29) is 0 Å². The van der Waals surface area contributed by atoms with Crippen molar-refractivity contribution in [3.8, 4) is 5.75 Å². The van der Waals surface area contributed by atoms with Crippen molar-refractivity contribution in [2.24, 2.45) is 0 Å². The lowest BCUT2D eigenvalue weighted by atomic mass is 10.1. The van der Waals surface area contributed by atoms with Crippen molar-refractivity contribution in [2.45, 2.75) is 11.0 Å². The first-order valence-corrected chi connectivity index (χ1v) is 7.06. The number of aliphatic hydroxyl groups is 1. The molecule has 0 radical (unpaired) electrons. The number of carbonyl (C=O) groups excluding carboxylic acids is 1. The third kappa shape index (κ3) is 2.88. The zero-order valence-electron chi connectivity index (χ0n) is 10.8. The molecule has 1 atom stereocenters. The standard InChI is InChI=1S/C11H12F2O6S/c1-18-9-5(8(14)11(15)19-2)4-6(12)10(7(9)13)20(3,16)17/h4,8,14H,1-3H3. The van der Waals surface area contributed by atoms with Crippen LogP contribution in [0.3, 0.4) is 0 Å². The lowest BCUT2D eigenvalue weighted by molar-refractivity contribution is -0.150. The molecule has 0 spiro atoms. The summed E-state index contributed by atoms with van der Waals surface area (Å²) in [6.07, 6.45) is -1.39. The molecule has 0 fully saturated rings. The number of ether oxygens (including phenoxy) is 2. The van der Waals surface area contributed by atoms with E-state index in [0.717, 1.165) is 14.2 Å². The van der Waals surface area contributed by atoms with Crippen molar-refractivity contribution in [1.29, 1.82) is 0 Å². The number of methoxy groups -OCH3 is 2. The summed E-state index contributed by atoms with van der Waals surface area (Å²) in [5.41, 5.74) is -0.568. The van der Waals surface area contributed by atoms with Gasteiger partial charge in [-0.2, -0.15) is 0 Å². The van der Waals surface area contributed by atoms with E-state index in [1.165, 1.54) is 0 Å². The fraction of sp³-hybridized carbons (Fsp3) is 0.364. The molecule has 0 saturated carbocycles. The highest BCUT2D eigenvalue weighted by molar-refractivity contribution is 7.90. The summed E-state index contributed by atoms with van der Waals surface area (Å²) in [6, 6.07) is 0.514. The van der Waals surface area contributed by atoms with Crippen LogP contribution in [0.1, 0.15) is 11.7 Å². The first-order chi connectivity index (χ1) is 9.15. The fourth-order valence-electron chi connectivity index (χ4n) is 1.59. The fourth-order valence-corrected chi connectivity index (χ4v) is 2.42. The van der Waals surface area contributed by atoms with Crippen LogP contribution >= 0.6 is 0 Å². The van der Waals surface area contributed by atoms with Crippen LogP contribution in [-0.2, 0) is 19.4 Å². The number of rotatable bonds is 4. The maximum absolute atomic E-state index is 14.0. The summed E-state index contributed by atoms with van der Waals surface area (Å²) in [5.74, 6) is -4.88. The van der Waals surface area contributed by atoms with Crippen molar-refractivity contribution in [2.75, 3.05) is 20.5 Å². The van der Waals surface area contributed by atoms with Crippen molar-refractivity contribution in [1.82, 2.24) is 0 Å². The summed E-state index contributed by atoms with van der Waals surface area (Å²) in [4.78, 5) is 9.99. The average molecular weight is 310 g/mol. The van der Waals surface area contributed by atoms with Crippen molar-refractivity contribution < 1.29 is 36.6 Å². The van der Waals surface area contributed by atoms with Crippen molar-refractivity contribution in [3.05, 3.63) is 23.3 Å². The molecular weight excluding hydrogens is 298 g/mol. The van der Waals surface area contributed by atoms with Crippen molar-refractivity contribution >= 4 is 15.8 Å². The van der Waals surface area contributed by atoms with Crippen LogP contribution in [0.2, 0.25) is 0 Å². The number of carbonyl (C=O) groups is 1. The Morgan fingerprint density at radius 1 is 1.35 bits per heavy atom. The van der Waals surface area contributed by atoms with Gasteiger partial charge in [-0.3, -0.25) is 0 Å². The van der Waals surface area contributed by atoms with Gasteiger partial charge in [0.1, 0.15) is 10.7 Å². The topological polar surface area (TPSA) is 89.9 Å². The Morgan fingerprint density at radius 2 is 1.90 bits per heavy atom. The number of aliphatic hydroxyl groups excluding tert-OH is 1. The predicted molar refractivity (Wildman–Crippen MR) is 63.0 cm³/mol. The summed E-state index contributed by atoms with van der Waals surface area (Å²) in [7, 11) is -2.24. The molecular formula is C11H12F2O6S. The molecule has 0 aromatic heterocycles. The number of benzene rings is 1. The van der Waals surface area contributed by atoms with E-state index >= 15 is 0 Å². The van der Waals surface area contributed by atoms with E-state index < -0.39 is 49.8 Å². The molecule has 0 aliphatic rings. The Morgan fingerprint density at radius 3 is 2.30 bits per heavy atom. The summed E-state index contributed by atoms with van der Waals surface area (Å²) < 4.78 is 59.2. The maximum Gasteiger partial charge on any atom is 0.339 e. The molecule has 1 N–H and O–H groups in total. The molecule has 6 nitrogen and oxygen atoms in total. The molecule has 112 valence electrons. The minimum atomic E-state index is -4.19. The van der Waals surface area contributed by atoms with E-state index in [4.69, 9.17) is 0 Å². The second-order valence-corrected chi connectivity index (χ2v) is 5.77. The number of halogens is 2. The third-order valence-electron chi connectivity index (χ3n) is 2.45. The lowest BCUT2D eigenvalue weighted by Crippen LogP contribution is -2.17. The number of esters is 1. The van der Waals surface area contributed by atoms with Gasteiger partial charge in [-0.05, 0) is 6.07 Å². The van der Waals surface area contributed by atoms with E-state index in [1.807, 2.05) is 0 Å². The molecule has 1 aromatic carbocycles. The predicted octanol–water partition coefficient (Wildman–Crippen LogP) is 0.583. The molecule has 1 unspecified atom stereocenters. The minimum Gasteiger partial charge on any atom is -0.493 e. The molecule has 0 aliphatic heterocycles. The van der Waals surface area contributed by atoms with Gasteiger partial charge in [0.05, 0.1) is 14.2 Å². The Kier molecular flexibility index (Phi) is 4.66. The van der Waals surface area contributed by atoms with Gasteiger partial charge < -0.3 is 14.6 Å². The summed E-state index contributed by atoms with van der Waals surface area (Å²) in [5, 5.41) is 9.61. The van der Waals surface area contributed by atoms with Crippen LogP contribution in [0, 0.1) is 11.6 Å². The summed E-state index contributed by atoms with van der Waals surface area (Å²) in [6.45, 7) is 0. The highest BCUT2D eigenvalue weighted by Gasteiger charge is 2.31. The molecule has 0 saturated heterocycles. The number of hydrogen-bond acceptors (Lipinski definition) is 6.